The molecule has 2 unspecified atom stereocenters. The number of rotatable bonds is 5. The summed E-state index contributed by atoms with van der Waals surface area (Å²) in [6, 6.07) is 1.28. The molecule has 0 aromatic carbocycles. The third kappa shape index (κ3) is 5.05. The summed E-state index contributed by atoms with van der Waals surface area (Å²) in [5.74, 6) is 1.17. The molecule has 5 rings (SSSR count). The number of alkyl halides is 5. The first-order valence-corrected chi connectivity index (χ1v) is 11.3. The molecule has 184 valence electrons. The molecule has 2 aliphatic rings. The molecule has 34 heavy (non-hydrogen) atoms. The lowest BCUT2D eigenvalue weighted by molar-refractivity contribution is -0.137. The van der Waals surface area contributed by atoms with Gasteiger partial charge in [0, 0.05) is 25.3 Å². The predicted molar refractivity (Wildman–Crippen MR) is 118 cm³/mol. The monoisotopic (exact) mass is 483 g/mol. The summed E-state index contributed by atoms with van der Waals surface area (Å²) >= 11 is 0. The Hall–Kier alpha value is -3.05. The van der Waals surface area contributed by atoms with Gasteiger partial charge in [0.2, 0.25) is 0 Å². The molecule has 3 aromatic rings. The highest BCUT2D eigenvalue weighted by atomic mass is 19.4. The van der Waals surface area contributed by atoms with Crippen molar-refractivity contribution >= 4 is 22.7 Å². The topological polar surface area (TPSA) is 71.8 Å². The molecule has 1 aliphatic carbocycles. The van der Waals surface area contributed by atoms with Crippen molar-refractivity contribution in [1.82, 2.24) is 24.7 Å². The Morgan fingerprint density at radius 1 is 1.06 bits per heavy atom. The molecule has 3 aromatic heterocycles. The van der Waals surface area contributed by atoms with E-state index in [9.17, 15) is 22.0 Å². The van der Waals surface area contributed by atoms with E-state index in [1.54, 1.807) is 6.20 Å². The Labute approximate surface area is 193 Å². The van der Waals surface area contributed by atoms with Crippen molar-refractivity contribution < 1.29 is 22.0 Å². The van der Waals surface area contributed by atoms with Crippen LogP contribution in [0.2, 0.25) is 0 Å². The molecular weight excluding hydrogens is 457 g/mol. The second-order valence-electron chi connectivity index (χ2n) is 8.35. The largest absolute Gasteiger partial charge is 0.417 e. The van der Waals surface area contributed by atoms with Gasteiger partial charge in [-0.1, -0.05) is 13.8 Å². The second-order valence-corrected chi connectivity index (χ2v) is 8.35. The molecule has 7 nitrogen and oxygen atoms in total. The van der Waals surface area contributed by atoms with Gasteiger partial charge in [0.05, 0.1) is 29.8 Å². The maximum atomic E-state index is 13.0. The van der Waals surface area contributed by atoms with Gasteiger partial charge in [-0.15, -0.1) is 0 Å². The van der Waals surface area contributed by atoms with Crippen LogP contribution in [0.25, 0.3) is 11.2 Å². The van der Waals surface area contributed by atoms with Crippen molar-refractivity contribution in [2.45, 2.75) is 51.9 Å². The Morgan fingerprint density at radius 2 is 1.76 bits per heavy atom. The van der Waals surface area contributed by atoms with E-state index in [0.717, 1.165) is 29.8 Å². The van der Waals surface area contributed by atoms with Crippen molar-refractivity contribution in [2.24, 2.45) is 11.8 Å². The quantitative estimate of drug-likeness (QED) is 0.523. The lowest BCUT2D eigenvalue weighted by atomic mass is 10.0. The number of fused-ring (bicyclic) bond motifs is 2. The van der Waals surface area contributed by atoms with Gasteiger partial charge in [-0.2, -0.15) is 18.3 Å². The second kappa shape index (κ2) is 9.67. The molecule has 0 bridgehead atoms. The van der Waals surface area contributed by atoms with Gasteiger partial charge in [-0.25, -0.2) is 23.4 Å². The maximum absolute atomic E-state index is 13.0. The Balaban J connectivity index is 0.00000133. The van der Waals surface area contributed by atoms with Crippen LogP contribution in [0.3, 0.4) is 0 Å². The van der Waals surface area contributed by atoms with E-state index in [2.05, 4.69) is 25.4 Å². The predicted octanol–water partition coefficient (Wildman–Crippen LogP) is 4.86. The van der Waals surface area contributed by atoms with E-state index in [-0.39, 0.29) is 6.04 Å². The summed E-state index contributed by atoms with van der Waals surface area (Å²) < 4.78 is 65.6. The molecule has 1 saturated heterocycles. The van der Waals surface area contributed by atoms with Crippen LogP contribution in [0.15, 0.2) is 30.9 Å². The number of pyridine rings is 1. The van der Waals surface area contributed by atoms with E-state index in [1.165, 1.54) is 12.4 Å². The van der Waals surface area contributed by atoms with Crippen LogP contribution in [0, 0.1) is 11.8 Å². The highest BCUT2D eigenvalue weighted by Crippen LogP contribution is 2.41. The van der Waals surface area contributed by atoms with Gasteiger partial charge in [-0.3, -0.25) is 4.98 Å². The Kier molecular flexibility index (Phi) is 6.85. The first-order valence-electron chi connectivity index (χ1n) is 11.3. The minimum Gasteiger partial charge on any atom is -0.370 e. The zero-order chi connectivity index (χ0) is 24.5. The lowest BCUT2D eigenvalue weighted by Gasteiger charge is -2.22. The third-order valence-corrected chi connectivity index (χ3v) is 6.18. The van der Waals surface area contributed by atoms with Crippen LogP contribution in [0.1, 0.15) is 32.3 Å². The Morgan fingerprint density at radius 3 is 2.41 bits per heavy atom. The molecule has 1 aliphatic heterocycles. The highest BCUT2D eigenvalue weighted by molar-refractivity contribution is 5.71. The van der Waals surface area contributed by atoms with Gasteiger partial charge in [0.15, 0.2) is 5.65 Å². The molecule has 1 N–H and O–H groups in total. The van der Waals surface area contributed by atoms with Crippen LogP contribution in [0.5, 0.6) is 0 Å². The fraction of sp³-hybridized carbons (Fsp3) is 0.545. The smallest absolute Gasteiger partial charge is 0.370 e. The third-order valence-electron chi connectivity index (χ3n) is 6.18. The number of halogens is 5. The number of aromatic nitrogens is 5. The summed E-state index contributed by atoms with van der Waals surface area (Å²) in [6.07, 6.45) is -0.00376. The molecule has 1 saturated carbocycles. The number of nitrogens with one attached hydrogen (secondary N) is 1. The molecule has 0 spiro atoms. The number of anilines is 2. The van der Waals surface area contributed by atoms with Gasteiger partial charge < -0.3 is 10.2 Å². The van der Waals surface area contributed by atoms with E-state index in [0.29, 0.717) is 47.6 Å². The van der Waals surface area contributed by atoms with Crippen molar-refractivity contribution in [3.05, 3.63) is 36.4 Å². The average molecular weight is 483 g/mol. The molecule has 2 atom stereocenters. The standard InChI is InChI=1S/C20H20F5N7.C2H6/c21-17(22)10-32-19-16(6-28-32)27-7-18(30-19)29-14-1-11-8-31(9-12(11)2-14)15-3-13(4-26-5-15)20(23,24)25;1-2/h3-7,11-12,14,17H,1-2,8-10H2,(H,29,30);1-2H3. The van der Waals surface area contributed by atoms with Crippen LogP contribution in [0.4, 0.5) is 33.5 Å². The van der Waals surface area contributed by atoms with Crippen LogP contribution < -0.4 is 10.2 Å². The SMILES string of the molecule is CC.FC(F)Cn1ncc2ncc(NC3CC4CN(c5cncc(C(F)(F)F)c5)CC4C3)nc21. The molecule has 0 radical (unpaired) electrons. The summed E-state index contributed by atoms with van der Waals surface area (Å²) in [4.78, 5) is 14.4. The van der Waals surface area contributed by atoms with Crippen molar-refractivity contribution in [2.75, 3.05) is 23.3 Å². The van der Waals surface area contributed by atoms with Crippen molar-refractivity contribution in [3.8, 4) is 0 Å². The zero-order valence-electron chi connectivity index (χ0n) is 18.8. The van der Waals surface area contributed by atoms with Crippen LogP contribution in [-0.4, -0.2) is 50.3 Å². The molecular formula is C22H26F5N7. The number of hydrogen-bond donors (Lipinski definition) is 1. The van der Waals surface area contributed by atoms with Gasteiger partial charge in [-0.05, 0) is 30.7 Å². The van der Waals surface area contributed by atoms with Gasteiger partial charge in [0.1, 0.15) is 17.9 Å². The van der Waals surface area contributed by atoms with E-state index >= 15 is 0 Å². The van der Waals surface area contributed by atoms with Gasteiger partial charge in [0.25, 0.3) is 6.43 Å². The molecule has 2 fully saturated rings. The van der Waals surface area contributed by atoms with Crippen LogP contribution >= 0.6 is 0 Å². The normalized spacial score (nSPS) is 22.1. The summed E-state index contributed by atoms with van der Waals surface area (Å²) in [6.45, 7) is 4.78. The fourth-order valence-electron chi connectivity index (χ4n) is 4.78. The summed E-state index contributed by atoms with van der Waals surface area (Å²) in [5.41, 5.74) is 0.496. The summed E-state index contributed by atoms with van der Waals surface area (Å²) in [5, 5.41) is 7.25. The first-order chi connectivity index (χ1) is 16.3. The van der Waals surface area contributed by atoms with Crippen LogP contribution in [-0.2, 0) is 12.7 Å². The van der Waals surface area contributed by atoms with Crippen molar-refractivity contribution in [1.29, 1.82) is 0 Å². The molecule has 0 amide bonds. The minimum atomic E-state index is -4.42. The molecule has 4 heterocycles. The zero-order valence-corrected chi connectivity index (χ0v) is 18.8. The van der Waals surface area contributed by atoms with Crippen molar-refractivity contribution in [3.63, 3.8) is 0 Å². The lowest BCUT2D eigenvalue weighted by Crippen LogP contribution is -2.25. The minimum absolute atomic E-state index is 0.130. The molecule has 12 heteroatoms. The van der Waals surface area contributed by atoms with E-state index in [1.807, 2.05) is 18.7 Å². The van der Waals surface area contributed by atoms with E-state index < -0.39 is 24.7 Å². The van der Waals surface area contributed by atoms with Gasteiger partial charge >= 0.3 is 6.18 Å². The maximum Gasteiger partial charge on any atom is 0.417 e. The number of nitrogens with zero attached hydrogens (tertiary/aromatic N) is 6. The summed E-state index contributed by atoms with van der Waals surface area (Å²) in [7, 11) is 0. The fourth-order valence-corrected chi connectivity index (χ4v) is 4.78. The Bertz CT molecular complexity index is 1100. The average Bonchev–Trinajstić information content (AvgIpc) is 3.48. The first kappa shape index (κ1) is 24.1. The highest BCUT2D eigenvalue weighted by Gasteiger charge is 2.41. The van der Waals surface area contributed by atoms with E-state index in [4.69, 9.17) is 0 Å². The number of hydrogen-bond acceptors (Lipinski definition) is 6.